The highest BCUT2D eigenvalue weighted by molar-refractivity contribution is 7.89. The normalized spacial score (nSPS) is 12.8. The maximum Gasteiger partial charge on any atom is 0.335 e. The topological polar surface area (TPSA) is 125 Å². The Hall–Kier alpha value is -1.68. The summed E-state index contributed by atoms with van der Waals surface area (Å²) in [5, 5.41) is 20.8. The molecule has 0 aliphatic heterocycles. The summed E-state index contributed by atoms with van der Waals surface area (Å²) < 4.78 is 32.1. The Bertz CT molecular complexity index is 632. The number of aromatic carboxylic acids is 1. The van der Waals surface area contributed by atoms with Gasteiger partial charge in [0.25, 0.3) is 0 Å². The lowest BCUT2D eigenvalue weighted by atomic mass is 10.2. The molecule has 0 aliphatic rings. The van der Waals surface area contributed by atoms with E-state index in [1.807, 2.05) is 6.92 Å². The van der Waals surface area contributed by atoms with E-state index in [4.69, 9.17) is 14.9 Å². The number of benzene rings is 1. The highest BCUT2D eigenvalue weighted by Crippen LogP contribution is 2.24. The predicted molar refractivity (Wildman–Crippen MR) is 85.3 cm³/mol. The van der Waals surface area contributed by atoms with E-state index in [-0.39, 0.29) is 41.8 Å². The average Bonchev–Trinajstić information content (AvgIpc) is 2.47. The van der Waals surface area contributed by atoms with Crippen LogP contribution in [0.2, 0.25) is 0 Å². The zero-order chi connectivity index (χ0) is 17.5. The molecule has 4 N–H and O–H groups in total. The zero-order valence-electron chi connectivity index (χ0n) is 13.1. The number of methoxy groups -OCH3 is 1. The third-order valence-corrected chi connectivity index (χ3v) is 4.46. The minimum Gasteiger partial charge on any atom is -0.478 e. The molecule has 0 unspecified atom stereocenters. The fourth-order valence-corrected chi connectivity index (χ4v) is 3.18. The van der Waals surface area contributed by atoms with Gasteiger partial charge in [0, 0.05) is 26.3 Å². The number of anilines is 1. The summed E-state index contributed by atoms with van der Waals surface area (Å²) in [5.74, 6) is -1.21. The molecule has 0 aliphatic carbocycles. The van der Waals surface area contributed by atoms with Crippen molar-refractivity contribution in [3.63, 3.8) is 0 Å². The third kappa shape index (κ3) is 5.79. The molecular formula is C14H22N2O6S. The van der Waals surface area contributed by atoms with Crippen molar-refractivity contribution in [2.45, 2.75) is 24.3 Å². The van der Waals surface area contributed by atoms with Crippen LogP contribution >= 0.6 is 0 Å². The number of nitrogens with one attached hydrogen (secondary N) is 2. The van der Waals surface area contributed by atoms with Gasteiger partial charge in [-0.2, -0.15) is 0 Å². The van der Waals surface area contributed by atoms with Crippen LogP contribution in [0.15, 0.2) is 23.1 Å². The van der Waals surface area contributed by atoms with E-state index in [2.05, 4.69) is 10.0 Å². The molecule has 0 amide bonds. The third-order valence-electron chi connectivity index (χ3n) is 2.96. The van der Waals surface area contributed by atoms with Crippen LogP contribution in [0.1, 0.15) is 23.7 Å². The van der Waals surface area contributed by atoms with E-state index in [1.54, 1.807) is 0 Å². The van der Waals surface area contributed by atoms with Crippen molar-refractivity contribution in [3.05, 3.63) is 23.8 Å². The van der Waals surface area contributed by atoms with Gasteiger partial charge in [0.05, 0.1) is 17.9 Å². The van der Waals surface area contributed by atoms with Gasteiger partial charge in [0.2, 0.25) is 10.0 Å². The summed E-state index contributed by atoms with van der Waals surface area (Å²) in [5.41, 5.74) is 0.161. The van der Waals surface area contributed by atoms with Crippen LogP contribution in [-0.2, 0) is 14.8 Å². The van der Waals surface area contributed by atoms with Gasteiger partial charge >= 0.3 is 5.97 Å². The zero-order valence-corrected chi connectivity index (χ0v) is 13.9. The molecule has 1 rings (SSSR count). The van der Waals surface area contributed by atoms with Gasteiger partial charge in [-0.15, -0.1) is 0 Å². The number of aliphatic hydroxyl groups is 1. The fourth-order valence-electron chi connectivity index (χ4n) is 1.92. The monoisotopic (exact) mass is 346 g/mol. The number of hydrogen-bond acceptors (Lipinski definition) is 6. The second-order valence-electron chi connectivity index (χ2n) is 4.99. The van der Waals surface area contributed by atoms with Gasteiger partial charge in [-0.25, -0.2) is 17.9 Å². The summed E-state index contributed by atoms with van der Waals surface area (Å²) >= 11 is 0. The van der Waals surface area contributed by atoms with Crippen molar-refractivity contribution in [3.8, 4) is 0 Å². The van der Waals surface area contributed by atoms with Crippen molar-refractivity contribution in [1.82, 2.24) is 4.72 Å². The van der Waals surface area contributed by atoms with E-state index >= 15 is 0 Å². The van der Waals surface area contributed by atoms with Crippen LogP contribution in [0, 0.1) is 0 Å². The number of aliphatic hydroxyl groups excluding tert-OH is 1. The number of rotatable bonds is 10. The summed E-state index contributed by atoms with van der Waals surface area (Å²) in [7, 11) is -2.38. The van der Waals surface area contributed by atoms with Crippen LogP contribution in [0.5, 0.6) is 0 Å². The number of sulfonamides is 1. The van der Waals surface area contributed by atoms with Gasteiger partial charge in [-0.3, -0.25) is 0 Å². The number of hydrogen-bond donors (Lipinski definition) is 4. The minimum atomic E-state index is -3.91. The Balaban J connectivity index is 3.17. The molecule has 0 heterocycles. The lowest BCUT2D eigenvalue weighted by Crippen LogP contribution is -2.28. The first-order valence-electron chi connectivity index (χ1n) is 7.05. The molecule has 9 heteroatoms. The fraction of sp³-hybridized carbons (Fsp3) is 0.500. The number of ether oxygens (including phenoxy) is 1. The lowest BCUT2D eigenvalue weighted by molar-refractivity contribution is 0.0696. The van der Waals surface area contributed by atoms with Gasteiger partial charge in [0.1, 0.15) is 4.90 Å². The molecule has 0 bridgehead atoms. The number of carboxylic acids is 1. The Morgan fingerprint density at radius 3 is 2.65 bits per heavy atom. The van der Waals surface area contributed by atoms with Crippen molar-refractivity contribution >= 4 is 21.7 Å². The molecule has 8 nitrogen and oxygen atoms in total. The molecule has 23 heavy (non-hydrogen) atoms. The average molecular weight is 346 g/mol. The molecule has 0 aromatic heterocycles. The first-order chi connectivity index (χ1) is 10.8. The lowest BCUT2D eigenvalue weighted by Gasteiger charge is -2.18. The molecule has 1 aromatic rings. The molecule has 0 spiro atoms. The van der Waals surface area contributed by atoms with Gasteiger partial charge < -0.3 is 20.3 Å². The molecule has 130 valence electrons. The van der Waals surface area contributed by atoms with E-state index in [0.29, 0.717) is 6.61 Å². The summed E-state index contributed by atoms with van der Waals surface area (Å²) in [6.07, 6.45) is 0.265. The second kappa shape index (κ2) is 8.82. The Morgan fingerprint density at radius 1 is 1.39 bits per heavy atom. The van der Waals surface area contributed by atoms with Crippen molar-refractivity contribution in [1.29, 1.82) is 0 Å². The molecule has 0 fully saturated rings. The predicted octanol–water partition coefficient (Wildman–Crippen LogP) is 0.492. The Kier molecular flexibility index (Phi) is 7.43. The molecule has 1 atom stereocenters. The molecule has 1 aromatic carbocycles. The van der Waals surface area contributed by atoms with Crippen LogP contribution in [0.4, 0.5) is 5.69 Å². The van der Waals surface area contributed by atoms with Gasteiger partial charge in [-0.05, 0) is 31.5 Å². The number of carbonyl (C=O) groups is 1. The largest absolute Gasteiger partial charge is 0.478 e. The van der Waals surface area contributed by atoms with Gasteiger partial charge in [0.15, 0.2) is 0 Å². The summed E-state index contributed by atoms with van der Waals surface area (Å²) in [4.78, 5) is 10.9. The Labute approximate surface area is 135 Å². The standard InChI is InChI=1S/C14H22N2O6S/c1-10(9-22-2)16-12-5-4-11(14(18)19)8-13(12)23(20,21)15-6-3-7-17/h4-5,8,10,15-17H,3,6-7,9H2,1-2H3,(H,18,19)/t10-/m1/s1. The van der Waals surface area contributed by atoms with Crippen molar-refractivity contribution in [2.75, 3.05) is 32.2 Å². The van der Waals surface area contributed by atoms with Gasteiger partial charge in [-0.1, -0.05) is 0 Å². The highest BCUT2D eigenvalue weighted by Gasteiger charge is 2.21. The minimum absolute atomic E-state index is 0.0587. The second-order valence-corrected chi connectivity index (χ2v) is 6.73. The first-order valence-corrected chi connectivity index (χ1v) is 8.53. The highest BCUT2D eigenvalue weighted by atomic mass is 32.2. The Morgan fingerprint density at radius 2 is 2.09 bits per heavy atom. The molecule has 0 radical (unpaired) electrons. The van der Waals surface area contributed by atoms with E-state index in [9.17, 15) is 13.2 Å². The number of carboxylic acid groups (broad SMARTS) is 1. The smallest absolute Gasteiger partial charge is 0.335 e. The molecule has 0 saturated carbocycles. The van der Waals surface area contributed by atoms with E-state index in [1.165, 1.54) is 19.2 Å². The van der Waals surface area contributed by atoms with Crippen LogP contribution < -0.4 is 10.0 Å². The molecular weight excluding hydrogens is 324 g/mol. The van der Waals surface area contributed by atoms with Crippen LogP contribution in [-0.4, -0.2) is 57.5 Å². The summed E-state index contributed by atoms with van der Waals surface area (Å²) in [6.45, 7) is 2.08. The molecule has 0 saturated heterocycles. The SMILES string of the molecule is COC[C@@H](C)Nc1ccc(C(=O)O)cc1S(=O)(=O)NCCCO. The van der Waals surface area contributed by atoms with E-state index in [0.717, 1.165) is 6.07 Å². The first kappa shape index (κ1) is 19.4. The van der Waals surface area contributed by atoms with Crippen LogP contribution in [0.25, 0.3) is 0 Å². The maximum absolute atomic E-state index is 12.4. The quantitative estimate of drug-likeness (QED) is 0.454. The summed E-state index contributed by atoms with van der Waals surface area (Å²) in [6, 6.07) is 3.68. The van der Waals surface area contributed by atoms with Crippen molar-refractivity contribution in [2.24, 2.45) is 0 Å². The van der Waals surface area contributed by atoms with Crippen molar-refractivity contribution < 1.29 is 28.2 Å². The van der Waals surface area contributed by atoms with Crippen LogP contribution in [0.3, 0.4) is 0 Å². The van der Waals surface area contributed by atoms with E-state index < -0.39 is 16.0 Å². The maximum atomic E-state index is 12.4.